The number of hydrogen-bond acceptors (Lipinski definition) is 5. The van der Waals surface area contributed by atoms with E-state index in [9.17, 15) is 4.39 Å². The van der Waals surface area contributed by atoms with Crippen LogP contribution >= 0.6 is 23.4 Å². The van der Waals surface area contributed by atoms with Gasteiger partial charge in [0, 0.05) is 18.8 Å². The van der Waals surface area contributed by atoms with E-state index in [0.29, 0.717) is 33.8 Å². The number of aliphatic imine (C=N–C) groups is 1. The summed E-state index contributed by atoms with van der Waals surface area (Å²) < 4.78 is 13.2. The van der Waals surface area contributed by atoms with Crippen molar-refractivity contribution < 1.29 is 4.39 Å². The Balaban J connectivity index is 2.04. The van der Waals surface area contributed by atoms with E-state index in [1.54, 1.807) is 42.7 Å². The van der Waals surface area contributed by atoms with Crippen molar-refractivity contribution in [2.24, 2.45) is 4.99 Å². The van der Waals surface area contributed by atoms with Crippen molar-refractivity contribution in [1.29, 1.82) is 0 Å². The Morgan fingerprint density at radius 3 is 2.64 bits per heavy atom. The molecule has 2 aromatic heterocycles. The van der Waals surface area contributed by atoms with E-state index in [-0.39, 0.29) is 5.82 Å². The molecule has 126 valence electrons. The van der Waals surface area contributed by atoms with E-state index in [1.165, 1.54) is 23.9 Å². The standard InChI is InChI=1S/C18H14ClFN4S/c1-25-18-22-10-8-14(24-18)16(11-12-4-6-13(20)7-5-12)23-15-3-2-9-21-17(15)19/h2-10H,11H2,1H3/b23-16-. The molecule has 0 aliphatic heterocycles. The van der Waals surface area contributed by atoms with Gasteiger partial charge in [0.05, 0.1) is 11.4 Å². The lowest BCUT2D eigenvalue weighted by molar-refractivity contribution is 0.627. The highest BCUT2D eigenvalue weighted by Gasteiger charge is 2.10. The second kappa shape index (κ2) is 8.18. The average Bonchev–Trinajstić information content (AvgIpc) is 2.64. The SMILES string of the molecule is CSc1nccc(/C(Cc2ccc(F)cc2)=N\c2cccnc2Cl)n1. The van der Waals surface area contributed by atoms with Gasteiger partial charge >= 0.3 is 0 Å². The molecule has 25 heavy (non-hydrogen) atoms. The number of halogens is 2. The molecule has 3 rings (SSSR count). The van der Waals surface area contributed by atoms with E-state index in [4.69, 9.17) is 11.6 Å². The summed E-state index contributed by atoms with van der Waals surface area (Å²) in [6.45, 7) is 0. The first kappa shape index (κ1) is 17.5. The van der Waals surface area contributed by atoms with E-state index >= 15 is 0 Å². The van der Waals surface area contributed by atoms with Crippen molar-refractivity contribution in [2.75, 3.05) is 6.26 Å². The van der Waals surface area contributed by atoms with Crippen LogP contribution in [0.25, 0.3) is 0 Å². The van der Waals surface area contributed by atoms with Gasteiger partial charge < -0.3 is 0 Å². The molecular formula is C18H14ClFN4S. The quantitative estimate of drug-likeness (QED) is 0.281. The maximum absolute atomic E-state index is 13.2. The normalized spacial score (nSPS) is 11.6. The largest absolute Gasteiger partial charge is 0.248 e. The first-order chi connectivity index (χ1) is 12.2. The summed E-state index contributed by atoms with van der Waals surface area (Å²) in [5.74, 6) is -0.274. The van der Waals surface area contributed by atoms with Gasteiger partial charge in [-0.05, 0) is 42.2 Å². The Kier molecular flexibility index (Phi) is 5.73. The first-order valence-corrected chi connectivity index (χ1v) is 9.06. The van der Waals surface area contributed by atoms with Crippen LogP contribution in [-0.4, -0.2) is 26.9 Å². The third kappa shape index (κ3) is 4.61. The zero-order valence-electron chi connectivity index (χ0n) is 13.4. The predicted octanol–water partition coefficient (Wildman–Crippen LogP) is 4.75. The fourth-order valence-electron chi connectivity index (χ4n) is 2.19. The van der Waals surface area contributed by atoms with Gasteiger partial charge in [-0.2, -0.15) is 0 Å². The van der Waals surface area contributed by atoms with Crippen molar-refractivity contribution in [3.8, 4) is 0 Å². The Morgan fingerprint density at radius 1 is 1.12 bits per heavy atom. The van der Waals surface area contributed by atoms with E-state index < -0.39 is 0 Å². The van der Waals surface area contributed by atoms with Crippen LogP contribution in [-0.2, 0) is 6.42 Å². The topological polar surface area (TPSA) is 51.0 Å². The van der Waals surface area contributed by atoms with Crippen LogP contribution in [0.1, 0.15) is 11.3 Å². The summed E-state index contributed by atoms with van der Waals surface area (Å²) in [4.78, 5) is 17.4. The highest BCUT2D eigenvalue weighted by atomic mass is 35.5. The van der Waals surface area contributed by atoms with Crippen LogP contribution in [0.2, 0.25) is 5.15 Å². The van der Waals surface area contributed by atoms with Gasteiger partial charge in [0.25, 0.3) is 0 Å². The van der Waals surface area contributed by atoms with Gasteiger partial charge in [0.1, 0.15) is 11.5 Å². The molecule has 2 heterocycles. The maximum Gasteiger partial charge on any atom is 0.187 e. The number of aromatic nitrogens is 3. The molecule has 0 radical (unpaired) electrons. The second-order valence-corrected chi connectivity index (χ2v) is 6.24. The average molecular weight is 373 g/mol. The molecule has 4 nitrogen and oxygen atoms in total. The van der Waals surface area contributed by atoms with Crippen LogP contribution in [0.4, 0.5) is 10.1 Å². The molecule has 0 unspecified atom stereocenters. The van der Waals surface area contributed by atoms with Gasteiger partial charge in [0.15, 0.2) is 10.3 Å². The van der Waals surface area contributed by atoms with Gasteiger partial charge in [-0.25, -0.2) is 24.3 Å². The monoisotopic (exact) mass is 372 g/mol. The number of thioether (sulfide) groups is 1. The number of nitrogens with zero attached hydrogens (tertiary/aromatic N) is 4. The minimum absolute atomic E-state index is 0.274. The Labute approximate surface area is 154 Å². The summed E-state index contributed by atoms with van der Waals surface area (Å²) >= 11 is 7.59. The number of benzene rings is 1. The van der Waals surface area contributed by atoms with Gasteiger partial charge in [-0.1, -0.05) is 35.5 Å². The van der Waals surface area contributed by atoms with Crippen LogP contribution < -0.4 is 0 Å². The third-order valence-electron chi connectivity index (χ3n) is 3.39. The Morgan fingerprint density at radius 2 is 1.92 bits per heavy atom. The second-order valence-electron chi connectivity index (χ2n) is 5.10. The molecule has 0 saturated carbocycles. The van der Waals surface area contributed by atoms with Gasteiger partial charge in [-0.15, -0.1) is 0 Å². The smallest absolute Gasteiger partial charge is 0.187 e. The molecule has 0 bridgehead atoms. The van der Waals surface area contributed by atoms with Crippen LogP contribution in [0.15, 0.2) is 65.0 Å². The van der Waals surface area contributed by atoms with Crippen LogP contribution in [0.5, 0.6) is 0 Å². The Bertz CT molecular complexity index is 900. The summed E-state index contributed by atoms with van der Waals surface area (Å²) in [6, 6.07) is 11.7. The minimum Gasteiger partial charge on any atom is -0.248 e. The van der Waals surface area contributed by atoms with Gasteiger partial charge in [-0.3, -0.25) is 0 Å². The molecule has 7 heteroatoms. The molecule has 0 aliphatic carbocycles. The Hall–Kier alpha value is -2.31. The van der Waals surface area contributed by atoms with Crippen molar-refractivity contribution >= 4 is 34.8 Å². The molecule has 0 atom stereocenters. The zero-order valence-corrected chi connectivity index (χ0v) is 14.9. The van der Waals surface area contributed by atoms with E-state index in [2.05, 4.69) is 19.9 Å². The number of pyridine rings is 1. The predicted molar refractivity (Wildman–Crippen MR) is 99.4 cm³/mol. The fraction of sp³-hybridized carbons (Fsp3) is 0.111. The van der Waals surface area contributed by atoms with E-state index in [0.717, 1.165) is 5.56 Å². The van der Waals surface area contributed by atoms with Crippen molar-refractivity contribution in [3.63, 3.8) is 0 Å². The molecule has 0 spiro atoms. The minimum atomic E-state index is -0.274. The molecule has 0 fully saturated rings. The number of hydrogen-bond donors (Lipinski definition) is 0. The third-order valence-corrected chi connectivity index (χ3v) is 4.24. The fourth-order valence-corrected chi connectivity index (χ4v) is 2.71. The summed E-state index contributed by atoms with van der Waals surface area (Å²) in [5, 5.41) is 0.972. The van der Waals surface area contributed by atoms with Crippen LogP contribution in [0.3, 0.4) is 0 Å². The summed E-state index contributed by atoms with van der Waals surface area (Å²) in [7, 11) is 0. The molecule has 0 saturated heterocycles. The van der Waals surface area contributed by atoms with Gasteiger partial charge in [0.2, 0.25) is 0 Å². The molecule has 1 aromatic carbocycles. The summed E-state index contributed by atoms with van der Waals surface area (Å²) in [6.07, 6.45) is 5.70. The number of rotatable bonds is 5. The van der Waals surface area contributed by atoms with E-state index in [1.807, 2.05) is 6.26 Å². The molecule has 3 aromatic rings. The molecule has 0 aliphatic rings. The zero-order chi connectivity index (χ0) is 17.6. The van der Waals surface area contributed by atoms with Crippen LogP contribution in [0, 0.1) is 5.82 Å². The molecular weight excluding hydrogens is 359 g/mol. The lowest BCUT2D eigenvalue weighted by Gasteiger charge is -2.08. The lowest BCUT2D eigenvalue weighted by Crippen LogP contribution is -2.09. The lowest BCUT2D eigenvalue weighted by atomic mass is 10.1. The first-order valence-electron chi connectivity index (χ1n) is 7.45. The molecule has 0 N–H and O–H groups in total. The van der Waals surface area contributed by atoms with Crippen molar-refractivity contribution in [1.82, 2.24) is 15.0 Å². The van der Waals surface area contributed by atoms with Crippen molar-refractivity contribution in [2.45, 2.75) is 11.6 Å². The maximum atomic E-state index is 13.2. The highest BCUT2D eigenvalue weighted by molar-refractivity contribution is 7.98. The van der Waals surface area contributed by atoms with Crippen molar-refractivity contribution in [3.05, 3.63) is 77.1 Å². The highest BCUT2D eigenvalue weighted by Crippen LogP contribution is 2.23. The summed E-state index contributed by atoms with van der Waals surface area (Å²) in [5.41, 5.74) is 2.89. The molecule has 0 amide bonds.